The topological polar surface area (TPSA) is 3.24 Å². The van der Waals surface area contributed by atoms with Crippen molar-refractivity contribution in [3.8, 4) is 0 Å². The van der Waals surface area contributed by atoms with E-state index in [1.54, 1.807) is 0 Å². The van der Waals surface area contributed by atoms with Crippen molar-refractivity contribution in [2.45, 2.75) is 12.8 Å². The molecule has 1 fully saturated rings. The molecular weight excluding hydrogens is 202 g/mol. The minimum atomic E-state index is 0.925. The standard InChI is InChI=1S/C9H16BrN/c1-2-6-11-7-4-9(8-11)3-5-10/h2,9H,1,3-8H2. The molecule has 1 rings (SSSR count). The minimum Gasteiger partial charge on any atom is -0.299 e. The molecule has 0 bridgehead atoms. The van der Waals surface area contributed by atoms with Crippen LogP contribution in [0.2, 0.25) is 0 Å². The Kier molecular flexibility index (Phi) is 4.16. The first-order valence-corrected chi connectivity index (χ1v) is 5.38. The maximum absolute atomic E-state index is 3.74. The molecule has 0 saturated carbocycles. The molecule has 0 aliphatic carbocycles. The molecule has 1 heterocycles. The molecule has 1 nitrogen and oxygen atoms in total. The molecule has 2 heteroatoms. The second-order valence-electron chi connectivity index (χ2n) is 3.18. The van der Waals surface area contributed by atoms with Crippen molar-refractivity contribution in [3.63, 3.8) is 0 Å². The van der Waals surface area contributed by atoms with Gasteiger partial charge in [0.05, 0.1) is 0 Å². The molecule has 0 amide bonds. The highest BCUT2D eigenvalue weighted by molar-refractivity contribution is 9.09. The van der Waals surface area contributed by atoms with Crippen LogP contribution in [0, 0.1) is 5.92 Å². The number of alkyl halides is 1. The monoisotopic (exact) mass is 217 g/mol. The van der Waals surface area contributed by atoms with Gasteiger partial charge in [-0.3, -0.25) is 4.90 Å². The number of nitrogens with zero attached hydrogens (tertiary/aromatic N) is 1. The summed E-state index contributed by atoms with van der Waals surface area (Å²) >= 11 is 3.48. The van der Waals surface area contributed by atoms with E-state index >= 15 is 0 Å². The van der Waals surface area contributed by atoms with Crippen LogP contribution in [-0.4, -0.2) is 29.9 Å². The molecule has 0 aromatic carbocycles. The van der Waals surface area contributed by atoms with E-state index in [0.29, 0.717) is 0 Å². The van der Waals surface area contributed by atoms with E-state index in [-0.39, 0.29) is 0 Å². The highest BCUT2D eigenvalue weighted by Gasteiger charge is 2.20. The highest BCUT2D eigenvalue weighted by atomic mass is 79.9. The Morgan fingerprint density at radius 3 is 3.09 bits per heavy atom. The van der Waals surface area contributed by atoms with E-state index in [0.717, 1.165) is 17.8 Å². The van der Waals surface area contributed by atoms with Gasteiger partial charge < -0.3 is 0 Å². The molecular formula is C9H16BrN. The summed E-state index contributed by atoms with van der Waals surface area (Å²) in [5, 5.41) is 1.15. The minimum absolute atomic E-state index is 0.925. The summed E-state index contributed by atoms with van der Waals surface area (Å²) in [6.45, 7) is 7.36. The fraction of sp³-hybridized carbons (Fsp3) is 0.778. The van der Waals surface area contributed by atoms with Crippen LogP contribution in [0.4, 0.5) is 0 Å². The van der Waals surface area contributed by atoms with E-state index < -0.39 is 0 Å². The van der Waals surface area contributed by atoms with Crippen molar-refractivity contribution >= 4 is 15.9 Å². The van der Waals surface area contributed by atoms with Gasteiger partial charge in [-0.1, -0.05) is 22.0 Å². The number of likely N-dealkylation sites (tertiary alicyclic amines) is 1. The molecule has 1 aliphatic heterocycles. The molecule has 0 spiro atoms. The van der Waals surface area contributed by atoms with E-state index in [1.165, 1.54) is 25.9 Å². The normalized spacial score (nSPS) is 25.7. The Labute approximate surface area is 77.6 Å². The van der Waals surface area contributed by atoms with Crippen LogP contribution in [0.5, 0.6) is 0 Å². The van der Waals surface area contributed by atoms with E-state index in [9.17, 15) is 0 Å². The summed E-state index contributed by atoms with van der Waals surface area (Å²) in [6, 6.07) is 0. The molecule has 64 valence electrons. The summed E-state index contributed by atoms with van der Waals surface area (Å²) < 4.78 is 0. The van der Waals surface area contributed by atoms with Crippen LogP contribution in [-0.2, 0) is 0 Å². The van der Waals surface area contributed by atoms with Gasteiger partial charge in [-0.15, -0.1) is 6.58 Å². The fourth-order valence-corrected chi connectivity index (χ4v) is 2.30. The van der Waals surface area contributed by atoms with Gasteiger partial charge in [-0.05, 0) is 25.3 Å². The SMILES string of the molecule is C=CCN1CCC(CCBr)C1. The van der Waals surface area contributed by atoms with Crippen LogP contribution in [0.1, 0.15) is 12.8 Å². The first kappa shape index (κ1) is 9.27. The van der Waals surface area contributed by atoms with Crippen molar-refractivity contribution in [1.82, 2.24) is 4.90 Å². The van der Waals surface area contributed by atoms with Gasteiger partial charge in [0.1, 0.15) is 0 Å². The lowest BCUT2D eigenvalue weighted by atomic mass is 10.1. The van der Waals surface area contributed by atoms with Crippen LogP contribution < -0.4 is 0 Å². The second kappa shape index (κ2) is 4.94. The van der Waals surface area contributed by atoms with Crippen molar-refractivity contribution in [1.29, 1.82) is 0 Å². The summed E-state index contributed by atoms with van der Waals surface area (Å²) in [6.07, 6.45) is 4.70. The van der Waals surface area contributed by atoms with Gasteiger partial charge in [0.2, 0.25) is 0 Å². The average Bonchev–Trinajstić information content (AvgIpc) is 2.38. The molecule has 1 unspecified atom stereocenters. The van der Waals surface area contributed by atoms with E-state index in [4.69, 9.17) is 0 Å². The van der Waals surface area contributed by atoms with E-state index in [2.05, 4.69) is 27.4 Å². The van der Waals surface area contributed by atoms with Crippen LogP contribution >= 0.6 is 15.9 Å². The van der Waals surface area contributed by atoms with Gasteiger partial charge >= 0.3 is 0 Å². The molecule has 1 saturated heterocycles. The van der Waals surface area contributed by atoms with Crippen molar-refractivity contribution in [2.75, 3.05) is 25.0 Å². The van der Waals surface area contributed by atoms with Crippen LogP contribution in [0.15, 0.2) is 12.7 Å². The van der Waals surface area contributed by atoms with Gasteiger partial charge in [0.15, 0.2) is 0 Å². The lowest BCUT2D eigenvalue weighted by Gasteiger charge is -2.12. The van der Waals surface area contributed by atoms with Crippen molar-refractivity contribution in [3.05, 3.63) is 12.7 Å². The van der Waals surface area contributed by atoms with Crippen LogP contribution in [0.25, 0.3) is 0 Å². The summed E-state index contributed by atoms with van der Waals surface area (Å²) in [5.41, 5.74) is 0. The Bertz CT molecular complexity index is 125. The molecule has 0 radical (unpaired) electrons. The average molecular weight is 218 g/mol. The number of rotatable bonds is 4. The van der Waals surface area contributed by atoms with Gasteiger partial charge in [-0.2, -0.15) is 0 Å². The number of hydrogen-bond acceptors (Lipinski definition) is 1. The molecule has 0 aromatic heterocycles. The van der Waals surface area contributed by atoms with Gasteiger partial charge in [0.25, 0.3) is 0 Å². The summed E-state index contributed by atoms with van der Waals surface area (Å²) in [4.78, 5) is 2.47. The molecule has 1 atom stereocenters. The fourth-order valence-electron chi connectivity index (χ4n) is 1.65. The van der Waals surface area contributed by atoms with Crippen molar-refractivity contribution < 1.29 is 0 Å². The predicted octanol–water partition coefficient (Wildman–Crippen LogP) is 2.28. The largest absolute Gasteiger partial charge is 0.299 e. The quantitative estimate of drug-likeness (QED) is 0.516. The van der Waals surface area contributed by atoms with Gasteiger partial charge in [-0.25, -0.2) is 0 Å². The number of halogens is 1. The molecule has 0 N–H and O–H groups in total. The highest BCUT2D eigenvalue weighted by Crippen LogP contribution is 2.19. The smallest absolute Gasteiger partial charge is 0.0160 e. The second-order valence-corrected chi connectivity index (χ2v) is 3.97. The molecule has 1 aliphatic rings. The lowest BCUT2D eigenvalue weighted by molar-refractivity contribution is 0.357. The third kappa shape index (κ3) is 2.96. The Morgan fingerprint density at radius 1 is 1.64 bits per heavy atom. The first-order valence-electron chi connectivity index (χ1n) is 4.26. The summed E-state index contributed by atoms with van der Waals surface area (Å²) in [7, 11) is 0. The third-order valence-electron chi connectivity index (χ3n) is 2.27. The maximum atomic E-state index is 3.74. The molecule has 11 heavy (non-hydrogen) atoms. The first-order chi connectivity index (χ1) is 5.36. The zero-order valence-corrected chi connectivity index (χ0v) is 8.52. The van der Waals surface area contributed by atoms with Gasteiger partial charge in [0, 0.05) is 18.4 Å². The van der Waals surface area contributed by atoms with Crippen molar-refractivity contribution in [2.24, 2.45) is 5.92 Å². The number of hydrogen-bond donors (Lipinski definition) is 0. The predicted molar refractivity (Wildman–Crippen MR) is 53.2 cm³/mol. The summed E-state index contributed by atoms with van der Waals surface area (Å²) in [5.74, 6) is 0.925. The Hall–Kier alpha value is 0.180. The van der Waals surface area contributed by atoms with E-state index in [1.807, 2.05) is 6.08 Å². The maximum Gasteiger partial charge on any atom is 0.0160 e. The molecule has 0 aromatic rings. The Morgan fingerprint density at radius 2 is 2.45 bits per heavy atom. The van der Waals surface area contributed by atoms with Crippen LogP contribution in [0.3, 0.4) is 0 Å². The Balaban J connectivity index is 2.17. The lowest BCUT2D eigenvalue weighted by Crippen LogP contribution is -2.20. The third-order valence-corrected chi connectivity index (χ3v) is 2.73. The zero-order valence-electron chi connectivity index (χ0n) is 6.93. The zero-order chi connectivity index (χ0) is 8.10.